The van der Waals surface area contributed by atoms with Gasteiger partial charge in [-0.2, -0.15) is 0 Å². The third kappa shape index (κ3) is 4.70. The molecule has 8 atom stereocenters. The van der Waals surface area contributed by atoms with Crippen LogP contribution >= 0.6 is 0 Å². The van der Waals surface area contributed by atoms with Crippen molar-refractivity contribution in [1.82, 2.24) is 0 Å². The number of benzene rings is 9. The first kappa shape index (κ1) is 42.5. The molecule has 9 aromatic carbocycles. The van der Waals surface area contributed by atoms with Crippen molar-refractivity contribution >= 4 is 33.9 Å². The Hall–Kier alpha value is -8.80. The normalized spacial score (nSPS) is 28.5. The van der Waals surface area contributed by atoms with E-state index in [0.717, 1.165) is 111 Å². The maximum absolute atomic E-state index is 17.1. The van der Waals surface area contributed by atoms with Gasteiger partial charge in [-0.05, 0) is 123 Å². The van der Waals surface area contributed by atoms with Crippen LogP contribution in [0.4, 0.5) is 0 Å². The summed E-state index contributed by atoms with van der Waals surface area (Å²) >= 11 is 0. The summed E-state index contributed by atoms with van der Waals surface area (Å²) in [6.45, 7) is 0. The van der Waals surface area contributed by atoms with Gasteiger partial charge in [0.05, 0.1) is 0 Å². The fourth-order valence-electron chi connectivity index (χ4n) is 16.3. The van der Waals surface area contributed by atoms with Gasteiger partial charge in [0, 0.05) is 0 Å². The number of ketones is 2. The van der Waals surface area contributed by atoms with Gasteiger partial charge in [0.25, 0.3) is 0 Å². The van der Waals surface area contributed by atoms with Gasteiger partial charge < -0.3 is 9.47 Å². The number of hydrogen-bond donors (Lipinski definition) is 0. The number of fused-ring (bicyclic) bond motifs is 22. The van der Waals surface area contributed by atoms with Crippen LogP contribution in [-0.4, -0.2) is 11.6 Å². The second-order valence-electron chi connectivity index (χ2n) is 21.6. The number of hydrogen-bond acceptors (Lipinski definition) is 4. The SMILES string of the molecule is O=C1[C@@]2(c3ccccc3)C(c3ccccc3)=C(c3ccccc3)[C@@]1(c1ccccc1)C1=C2[C@H]2O[C@H]1c1cc3c(cc12)[C@H]1O[C@H]3C2=C1[C@@]1(c3ccccc3)C(=O)[C@@]2(c2ccccc2)C(c2ccccc2)=C1c1ccccc1. The number of allylic oxidation sites excluding steroid dienone is 4. The molecule has 9 aromatic rings. The molecule has 8 bridgehead atoms. The van der Waals surface area contributed by atoms with Crippen molar-refractivity contribution in [2.75, 3.05) is 0 Å². The smallest absolute Gasteiger partial charge is 0.171 e. The van der Waals surface area contributed by atoms with E-state index in [9.17, 15) is 0 Å². The van der Waals surface area contributed by atoms with Crippen LogP contribution < -0.4 is 0 Å². The van der Waals surface area contributed by atoms with Gasteiger partial charge >= 0.3 is 0 Å². The quantitative estimate of drug-likeness (QED) is 0.142. The van der Waals surface area contributed by atoms with Crippen LogP contribution in [0.15, 0.2) is 277 Å². The molecule has 4 heterocycles. The number of rotatable bonds is 8. The van der Waals surface area contributed by atoms with E-state index >= 15 is 9.59 Å². The first-order chi connectivity index (χ1) is 37.6. The van der Waals surface area contributed by atoms with E-state index in [2.05, 4.69) is 231 Å². The van der Waals surface area contributed by atoms with Gasteiger partial charge in [-0.15, -0.1) is 0 Å². The molecule has 17 rings (SSSR count). The molecule has 4 nitrogen and oxygen atoms in total. The molecule has 0 saturated carbocycles. The highest BCUT2D eigenvalue weighted by Gasteiger charge is 2.79. The lowest BCUT2D eigenvalue weighted by atomic mass is 9.60. The summed E-state index contributed by atoms with van der Waals surface area (Å²) in [7, 11) is 0. The van der Waals surface area contributed by atoms with Gasteiger partial charge in [-0.3, -0.25) is 9.59 Å². The van der Waals surface area contributed by atoms with Crippen molar-refractivity contribution < 1.29 is 19.1 Å². The van der Waals surface area contributed by atoms with Gasteiger partial charge in [-0.25, -0.2) is 0 Å². The largest absolute Gasteiger partial charge is 0.357 e. The molecule has 0 amide bonds. The molecule has 76 heavy (non-hydrogen) atoms. The highest BCUT2D eigenvalue weighted by atomic mass is 16.5. The maximum atomic E-state index is 17.1. The Morgan fingerprint density at radius 3 is 0.632 bits per heavy atom. The topological polar surface area (TPSA) is 52.6 Å². The van der Waals surface area contributed by atoms with Crippen LogP contribution in [0.3, 0.4) is 0 Å². The number of carbonyl (C=O) groups is 2. The van der Waals surface area contributed by atoms with Crippen molar-refractivity contribution in [2.24, 2.45) is 0 Å². The van der Waals surface area contributed by atoms with E-state index in [0.29, 0.717) is 0 Å². The zero-order valence-electron chi connectivity index (χ0n) is 41.2. The number of ether oxygens (including phenoxy) is 2. The van der Waals surface area contributed by atoms with Crippen LogP contribution in [0.1, 0.15) is 91.2 Å². The Morgan fingerprint density at radius 1 is 0.250 bits per heavy atom. The van der Waals surface area contributed by atoms with E-state index < -0.39 is 46.1 Å². The van der Waals surface area contributed by atoms with Crippen LogP contribution in [0.5, 0.6) is 0 Å². The molecule has 0 fully saturated rings. The zero-order chi connectivity index (χ0) is 50.1. The van der Waals surface area contributed by atoms with Crippen LogP contribution in [0.25, 0.3) is 22.3 Å². The van der Waals surface area contributed by atoms with E-state index in [4.69, 9.17) is 9.47 Å². The second kappa shape index (κ2) is 15.0. The molecule has 0 saturated heterocycles. The lowest BCUT2D eigenvalue weighted by Gasteiger charge is -2.39. The zero-order valence-corrected chi connectivity index (χ0v) is 41.2. The summed E-state index contributed by atoms with van der Waals surface area (Å²) in [5.74, 6) is 0.306. The molecule has 4 heteroatoms. The van der Waals surface area contributed by atoms with Gasteiger partial charge in [0.1, 0.15) is 46.1 Å². The molecule has 0 unspecified atom stereocenters. The molecule has 8 aliphatic rings. The highest BCUT2D eigenvalue weighted by Crippen LogP contribution is 2.81. The molecular formula is C72H46O4. The van der Waals surface area contributed by atoms with Crippen LogP contribution in [0.2, 0.25) is 0 Å². The summed E-state index contributed by atoms with van der Waals surface area (Å²) in [6.07, 6.45) is -2.10. The van der Waals surface area contributed by atoms with Crippen molar-refractivity contribution in [3.63, 3.8) is 0 Å². The maximum Gasteiger partial charge on any atom is 0.171 e. The summed E-state index contributed by atoms with van der Waals surface area (Å²) in [6, 6.07) is 88.9. The van der Waals surface area contributed by atoms with Crippen molar-refractivity contribution in [2.45, 2.75) is 46.1 Å². The minimum atomic E-state index is -1.18. The molecule has 4 aliphatic carbocycles. The van der Waals surface area contributed by atoms with Crippen molar-refractivity contribution in [3.05, 3.63) is 344 Å². The second-order valence-corrected chi connectivity index (χ2v) is 21.6. The van der Waals surface area contributed by atoms with E-state index in [-0.39, 0.29) is 11.6 Å². The van der Waals surface area contributed by atoms with Gasteiger partial charge in [-0.1, -0.05) is 243 Å². The summed E-state index contributed by atoms with van der Waals surface area (Å²) < 4.78 is 15.2. The highest BCUT2D eigenvalue weighted by molar-refractivity contribution is 6.35. The summed E-state index contributed by atoms with van der Waals surface area (Å²) in [4.78, 5) is 34.1. The number of carbonyl (C=O) groups excluding carboxylic acids is 2. The minimum absolute atomic E-state index is 0.153. The predicted octanol–water partition coefficient (Wildman–Crippen LogP) is 14.7. The Balaban J connectivity index is 0.934. The fourth-order valence-corrected chi connectivity index (χ4v) is 16.3. The van der Waals surface area contributed by atoms with Crippen LogP contribution in [0, 0.1) is 0 Å². The predicted molar refractivity (Wildman–Crippen MR) is 296 cm³/mol. The fraction of sp³-hybridized carbons (Fsp3) is 0.111. The van der Waals surface area contributed by atoms with E-state index in [1.165, 1.54) is 0 Å². The Bertz CT molecular complexity index is 3600. The first-order valence-electron chi connectivity index (χ1n) is 26.6. The molecule has 0 aromatic heterocycles. The average molecular weight is 975 g/mol. The Morgan fingerprint density at radius 2 is 0.434 bits per heavy atom. The van der Waals surface area contributed by atoms with Gasteiger partial charge in [0.2, 0.25) is 0 Å². The molecule has 4 aliphatic heterocycles. The molecule has 0 N–H and O–H groups in total. The Kier molecular flexibility index (Phi) is 8.37. The number of Topliss-reactive ketones (excluding diaryl/α,β-unsaturated/α-hetero) is 2. The minimum Gasteiger partial charge on any atom is -0.357 e. The van der Waals surface area contributed by atoms with Crippen molar-refractivity contribution in [1.29, 1.82) is 0 Å². The molecular weight excluding hydrogens is 929 g/mol. The standard InChI is InChI=1S/C72H46O4/c73-67-69(47-33-17-5-18-34-47)55(43-25-9-1-10-26-43)56(44-27-11-2-12-28-44)70(67,48-35-19-6-20-36-48)60-59(69)63-51-41-53-54(42-52(51)64(60)75-63)66-62-61(65(53)76-66)71(49-37-21-7-22-38-49)57(45-29-13-3-14-30-45)58(46-31-15-4-16-32-46)72(62,68(71)74)50-39-23-8-24-40-50/h1-42,63-66H/t63-,64-,65+,66+,69-,70-,71-,72-/m0/s1. The van der Waals surface area contributed by atoms with E-state index in [1.807, 2.05) is 24.3 Å². The lowest BCUT2D eigenvalue weighted by molar-refractivity contribution is -0.124. The van der Waals surface area contributed by atoms with Gasteiger partial charge in [0.15, 0.2) is 11.6 Å². The first-order valence-corrected chi connectivity index (χ1v) is 26.6. The van der Waals surface area contributed by atoms with Crippen LogP contribution in [-0.2, 0) is 40.7 Å². The average Bonchev–Trinajstić information content (AvgIpc) is 4.54. The molecule has 358 valence electrons. The molecule has 0 radical (unpaired) electrons. The van der Waals surface area contributed by atoms with E-state index in [1.54, 1.807) is 0 Å². The third-order valence-corrected chi connectivity index (χ3v) is 18.6. The summed E-state index contributed by atoms with van der Waals surface area (Å²) in [5, 5.41) is 0. The Labute approximate surface area is 440 Å². The summed E-state index contributed by atoms with van der Waals surface area (Å²) in [5.41, 5.74) is 15.6. The lowest BCUT2D eigenvalue weighted by Crippen LogP contribution is -2.41. The van der Waals surface area contributed by atoms with Crippen molar-refractivity contribution in [3.8, 4) is 0 Å². The third-order valence-electron chi connectivity index (χ3n) is 18.6. The molecule has 0 spiro atoms. The monoisotopic (exact) mass is 974 g/mol.